The summed E-state index contributed by atoms with van der Waals surface area (Å²) in [6.45, 7) is 1.12. The molecule has 0 unspecified atom stereocenters. The van der Waals surface area contributed by atoms with Crippen LogP contribution >= 0.6 is 0 Å². The lowest BCUT2D eigenvalue weighted by atomic mass is 10.5. The van der Waals surface area contributed by atoms with E-state index in [2.05, 4.69) is 20.6 Å². The molecule has 7 nitrogen and oxygen atoms in total. The number of rotatable bonds is 6. The molecule has 0 fully saturated rings. The second-order valence-electron chi connectivity index (χ2n) is 3.02. The third-order valence-electron chi connectivity index (χ3n) is 1.75. The number of nitrogen functional groups attached to an aromatic ring is 1. The van der Waals surface area contributed by atoms with Crippen molar-refractivity contribution in [3.63, 3.8) is 0 Å². The molecule has 0 saturated heterocycles. The Balaban J connectivity index is 2.26. The zero-order valence-electron chi connectivity index (χ0n) is 9.06. The summed E-state index contributed by atoms with van der Waals surface area (Å²) in [5.74, 6) is 0.751. The van der Waals surface area contributed by atoms with Crippen molar-refractivity contribution in [1.82, 2.24) is 15.3 Å². The molecule has 1 aromatic rings. The smallest absolute Gasteiger partial charge is 0.239 e. The van der Waals surface area contributed by atoms with Gasteiger partial charge < -0.3 is 21.1 Å². The Labute approximate surface area is 93.4 Å². The maximum atomic E-state index is 11.3. The van der Waals surface area contributed by atoms with Gasteiger partial charge in [0.2, 0.25) is 5.91 Å². The average Bonchev–Trinajstić information content (AvgIpc) is 2.27. The van der Waals surface area contributed by atoms with Crippen molar-refractivity contribution in [3.05, 3.63) is 12.4 Å². The van der Waals surface area contributed by atoms with Gasteiger partial charge in [0.1, 0.15) is 18.0 Å². The molecule has 1 aromatic heterocycles. The Morgan fingerprint density at radius 1 is 1.56 bits per heavy atom. The maximum absolute atomic E-state index is 11.3. The van der Waals surface area contributed by atoms with Crippen LogP contribution in [0.2, 0.25) is 0 Å². The SMILES string of the molecule is COCCNC(=O)CNc1cc(N)ncn1. The quantitative estimate of drug-likeness (QED) is 0.550. The molecule has 0 spiro atoms. The van der Waals surface area contributed by atoms with Crippen LogP contribution in [-0.4, -0.2) is 42.7 Å². The van der Waals surface area contributed by atoms with Crippen molar-refractivity contribution >= 4 is 17.5 Å². The van der Waals surface area contributed by atoms with Gasteiger partial charge >= 0.3 is 0 Å². The monoisotopic (exact) mass is 225 g/mol. The summed E-state index contributed by atoms with van der Waals surface area (Å²) in [5.41, 5.74) is 5.46. The first-order valence-electron chi connectivity index (χ1n) is 4.79. The average molecular weight is 225 g/mol. The Morgan fingerprint density at radius 3 is 3.06 bits per heavy atom. The molecule has 1 rings (SSSR count). The molecule has 7 heteroatoms. The lowest BCUT2D eigenvalue weighted by Crippen LogP contribution is -2.32. The first kappa shape index (κ1) is 12.2. The Morgan fingerprint density at radius 2 is 2.38 bits per heavy atom. The molecule has 88 valence electrons. The predicted molar refractivity (Wildman–Crippen MR) is 59.8 cm³/mol. The zero-order chi connectivity index (χ0) is 11.8. The second kappa shape index (κ2) is 6.57. The second-order valence-corrected chi connectivity index (χ2v) is 3.02. The highest BCUT2D eigenvalue weighted by atomic mass is 16.5. The van der Waals surface area contributed by atoms with Crippen LogP contribution in [0.3, 0.4) is 0 Å². The minimum atomic E-state index is -0.130. The van der Waals surface area contributed by atoms with E-state index in [1.807, 2.05) is 0 Å². The summed E-state index contributed by atoms with van der Waals surface area (Å²) in [6.07, 6.45) is 1.33. The van der Waals surface area contributed by atoms with Gasteiger partial charge in [-0.05, 0) is 0 Å². The molecule has 0 aromatic carbocycles. The van der Waals surface area contributed by atoms with E-state index in [1.165, 1.54) is 6.33 Å². The zero-order valence-corrected chi connectivity index (χ0v) is 9.06. The molecule has 0 saturated carbocycles. The summed E-state index contributed by atoms with van der Waals surface area (Å²) in [7, 11) is 1.58. The number of aromatic nitrogens is 2. The highest BCUT2D eigenvalue weighted by Crippen LogP contribution is 2.03. The van der Waals surface area contributed by atoms with Crippen LogP contribution in [-0.2, 0) is 9.53 Å². The van der Waals surface area contributed by atoms with E-state index in [-0.39, 0.29) is 12.5 Å². The van der Waals surface area contributed by atoms with Gasteiger partial charge in [-0.25, -0.2) is 9.97 Å². The fraction of sp³-hybridized carbons (Fsp3) is 0.444. The minimum absolute atomic E-state index is 0.130. The van der Waals surface area contributed by atoms with Gasteiger partial charge in [-0.2, -0.15) is 0 Å². The largest absolute Gasteiger partial charge is 0.384 e. The van der Waals surface area contributed by atoms with E-state index in [4.69, 9.17) is 10.5 Å². The number of nitrogens with two attached hydrogens (primary N) is 1. The molecule has 0 bridgehead atoms. The van der Waals surface area contributed by atoms with Gasteiger partial charge in [-0.3, -0.25) is 4.79 Å². The molecule has 0 aliphatic carbocycles. The number of nitrogens with zero attached hydrogens (tertiary/aromatic N) is 2. The van der Waals surface area contributed by atoms with Gasteiger partial charge in [-0.15, -0.1) is 0 Å². The van der Waals surface area contributed by atoms with Crippen LogP contribution in [0.15, 0.2) is 12.4 Å². The lowest BCUT2D eigenvalue weighted by Gasteiger charge is -2.06. The van der Waals surface area contributed by atoms with E-state index < -0.39 is 0 Å². The molecule has 0 radical (unpaired) electrons. The fourth-order valence-corrected chi connectivity index (χ4v) is 0.995. The number of amides is 1. The van der Waals surface area contributed by atoms with Crippen molar-refractivity contribution in [2.24, 2.45) is 0 Å². The van der Waals surface area contributed by atoms with Crippen LogP contribution < -0.4 is 16.4 Å². The minimum Gasteiger partial charge on any atom is -0.384 e. The molecule has 1 heterocycles. The van der Waals surface area contributed by atoms with Gasteiger partial charge in [0, 0.05) is 19.7 Å². The van der Waals surface area contributed by atoms with Gasteiger partial charge in [0.15, 0.2) is 0 Å². The molecule has 1 amide bonds. The van der Waals surface area contributed by atoms with Gasteiger partial charge in [0.25, 0.3) is 0 Å². The fourth-order valence-electron chi connectivity index (χ4n) is 0.995. The summed E-state index contributed by atoms with van der Waals surface area (Å²) in [4.78, 5) is 18.9. The van der Waals surface area contributed by atoms with E-state index in [0.717, 1.165) is 0 Å². The third kappa shape index (κ3) is 4.56. The Hall–Kier alpha value is -1.89. The van der Waals surface area contributed by atoms with Crippen molar-refractivity contribution in [2.45, 2.75) is 0 Å². The summed E-state index contributed by atoms with van der Waals surface area (Å²) in [5, 5.41) is 5.50. The van der Waals surface area contributed by atoms with Gasteiger partial charge in [-0.1, -0.05) is 0 Å². The topological polar surface area (TPSA) is 102 Å². The van der Waals surface area contributed by atoms with Crippen LogP contribution in [0.5, 0.6) is 0 Å². The molecule has 4 N–H and O–H groups in total. The molecule has 0 atom stereocenters. The number of methoxy groups -OCH3 is 1. The van der Waals surface area contributed by atoms with E-state index in [9.17, 15) is 4.79 Å². The predicted octanol–water partition coefficient (Wildman–Crippen LogP) is -0.767. The number of nitrogens with one attached hydrogen (secondary N) is 2. The normalized spacial score (nSPS) is 9.81. The molecule has 16 heavy (non-hydrogen) atoms. The molecule has 0 aliphatic heterocycles. The third-order valence-corrected chi connectivity index (χ3v) is 1.75. The van der Waals surface area contributed by atoms with Crippen LogP contribution in [0.4, 0.5) is 11.6 Å². The van der Waals surface area contributed by atoms with E-state index in [1.54, 1.807) is 13.2 Å². The number of anilines is 2. The maximum Gasteiger partial charge on any atom is 0.239 e. The first-order chi connectivity index (χ1) is 7.72. The van der Waals surface area contributed by atoms with Crippen molar-refractivity contribution in [1.29, 1.82) is 0 Å². The molecular formula is C9H15N5O2. The van der Waals surface area contributed by atoms with Crippen molar-refractivity contribution < 1.29 is 9.53 Å². The number of carbonyl (C=O) groups excluding carboxylic acids is 1. The lowest BCUT2D eigenvalue weighted by molar-refractivity contribution is -0.119. The Bertz CT molecular complexity index is 344. The number of hydrogen-bond donors (Lipinski definition) is 3. The molecule has 0 aliphatic rings. The van der Waals surface area contributed by atoms with Crippen LogP contribution in [0.1, 0.15) is 0 Å². The number of ether oxygens (including phenoxy) is 1. The number of hydrogen-bond acceptors (Lipinski definition) is 6. The summed E-state index contributed by atoms with van der Waals surface area (Å²) in [6, 6.07) is 1.56. The van der Waals surface area contributed by atoms with Crippen LogP contribution in [0, 0.1) is 0 Å². The first-order valence-corrected chi connectivity index (χ1v) is 4.79. The standard InChI is InChI=1S/C9H15N5O2/c1-16-3-2-11-9(15)5-12-8-4-7(10)13-6-14-8/h4,6H,2-3,5H2,1H3,(H,11,15)(H3,10,12,13,14). The summed E-state index contributed by atoms with van der Waals surface area (Å²) < 4.78 is 4.80. The summed E-state index contributed by atoms with van der Waals surface area (Å²) >= 11 is 0. The van der Waals surface area contributed by atoms with E-state index >= 15 is 0 Å². The van der Waals surface area contributed by atoms with Gasteiger partial charge in [0.05, 0.1) is 13.2 Å². The highest BCUT2D eigenvalue weighted by molar-refractivity contribution is 5.80. The van der Waals surface area contributed by atoms with Crippen molar-refractivity contribution in [3.8, 4) is 0 Å². The van der Waals surface area contributed by atoms with Crippen molar-refractivity contribution in [2.75, 3.05) is 37.9 Å². The molecular weight excluding hydrogens is 210 g/mol. The van der Waals surface area contributed by atoms with Crippen LogP contribution in [0.25, 0.3) is 0 Å². The number of carbonyl (C=O) groups is 1. The highest BCUT2D eigenvalue weighted by Gasteiger charge is 2.01. The Kier molecular flexibility index (Phi) is 5.00. The van der Waals surface area contributed by atoms with E-state index in [0.29, 0.717) is 24.8 Å².